The number of nitrogens with zero attached hydrogens (tertiary/aromatic N) is 2. The summed E-state index contributed by atoms with van der Waals surface area (Å²) in [5.41, 5.74) is 3.21. The molecule has 2 aromatic rings. The van der Waals surface area contributed by atoms with Gasteiger partial charge >= 0.3 is 5.97 Å². The first-order valence-corrected chi connectivity index (χ1v) is 11.5. The van der Waals surface area contributed by atoms with Gasteiger partial charge < -0.3 is 15.2 Å². The molecule has 0 saturated carbocycles. The van der Waals surface area contributed by atoms with Crippen molar-refractivity contribution in [2.45, 2.75) is 50.7 Å². The van der Waals surface area contributed by atoms with Crippen LogP contribution in [0.3, 0.4) is 0 Å². The Hall–Kier alpha value is -2.15. The van der Waals surface area contributed by atoms with Crippen LogP contribution in [0, 0.1) is 0 Å². The van der Waals surface area contributed by atoms with Gasteiger partial charge in [-0.1, -0.05) is 29.8 Å². The van der Waals surface area contributed by atoms with E-state index in [1.165, 1.54) is 12.0 Å². The molecular weight excluding hydrogens is 414 g/mol. The zero-order valence-corrected chi connectivity index (χ0v) is 18.5. The zero-order chi connectivity index (χ0) is 21.6. The van der Waals surface area contributed by atoms with Crippen LogP contribution in [0.1, 0.15) is 48.5 Å². The molecule has 0 amide bonds. The van der Waals surface area contributed by atoms with Gasteiger partial charge in [0.1, 0.15) is 11.9 Å². The Morgan fingerprint density at radius 1 is 1.26 bits per heavy atom. The van der Waals surface area contributed by atoms with Gasteiger partial charge in [-0.25, -0.2) is 4.98 Å². The number of aryl methyl sites for hydroxylation is 2. The smallest absolute Gasteiger partial charge is 0.325 e. The Bertz CT molecular complexity index is 890. The van der Waals surface area contributed by atoms with Crippen molar-refractivity contribution >= 4 is 23.4 Å². The molecule has 0 bridgehead atoms. The number of rotatable bonds is 9. The van der Waals surface area contributed by atoms with E-state index in [0.29, 0.717) is 18.2 Å². The van der Waals surface area contributed by atoms with E-state index in [-0.39, 0.29) is 6.10 Å². The molecule has 166 valence electrons. The van der Waals surface area contributed by atoms with Gasteiger partial charge in [0.15, 0.2) is 0 Å². The molecule has 0 unspecified atom stereocenters. The highest BCUT2D eigenvalue weighted by Gasteiger charge is 2.33. The van der Waals surface area contributed by atoms with Gasteiger partial charge in [0.05, 0.1) is 6.10 Å². The molecule has 2 aliphatic rings. The van der Waals surface area contributed by atoms with Crippen molar-refractivity contribution in [3.63, 3.8) is 0 Å². The summed E-state index contributed by atoms with van der Waals surface area (Å²) in [6.07, 6.45) is 6.19. The fourth-order valence-electron chi connectivity index (χ4n) is 4.45. The lowest BCUT2D eigenvalue weighted by Crippen LogP contribution is -2.33. The quantitative estimate of drug-likeness (QED) is 0.562. The SMILES string of the molecule is O=C(O)[C@H](c1ccc(Cl)cc1)N1CC[C@@H](OCCCCc2ccc3c(n2)NCCC3)C1. The van der Waals surface area contributed by atoms with Crippen LogP contribution in [-0.4, -0.2) is 53.3 Å². The summed E-state index contributed by atoms with van der Waals surface area (Å²) >= 11 is 5.94. The lowest BCUT2D eigenvalue weighted by molar-refractivity contribution is -0.143. The van der Waals surface area contributed by atoms with Crippen LogP contribution < -0.4 is 5.32 Å². The zero-order valence-electron chi connectivity index (χ0n) is 17.7. The van der Waals surface area contributed by atoms with Gasteiger partial charge in [0.2, 0.25) is 0 Å². The topological polar surface area (TPSA) is 74.7 Å². The summed E-state index contributed by atoms with van der Waals surface area (Å²) in [6.45, 7) is 3.06. The average Bonchev–Trinajstić information content (AvgIpc) is 3.23. The predicted octanol–water partition coefficient (Wildman–Crippen LogP) is 4.33. The minimum atomic E-state index is -0.838. The summed E-state index contributed by atoms with van der Waals surface area (Å²) in [5.74, 6) is 0.217. The van der Waals surface area contributed by atoms with E-state index in [1.54, 1.807) is 24.3 Å². The fourth-order valence-corrected chi connectivity index (χ4v) is 4.57. The van der Waals surface area contributed by atoms with Gasteiger partial charge in [-0.2, -0.15) is 0 Å². The first-order chi connectivity index (χ1) is 15.1. The van der Waals surface area contributed by atoms with E-state index >= 15 is 0 Å². The second-order valence-corrected chi connectivity index (χ2v) is 8.80. The van der Waals surface area contributed by atoms with Crippen molar-refractivity contribution in [1.82, 2.24) is 9.88 Å². The monoisotopic (exact) mass is 443 g/mol. The molecule has 4 rings (SSSR count). The van der Waals surface area contributed by atoms with Crippen LogP contribution in [0.15, 0.2) is 36.4 Å². The number of fused-ring (bicyclic) bond motifs is 1. The second-order valence-electron chi connectivity index (χ2n) is 8.37. The molecule has 31 heavy (non-hydrogen) atoms. The number of unbranched alkanes of at least 4 members (excludes halogenated alkanes) is 1. The number of pyridine rings is 1. The summed E-state index contributed by atoms with van der Waals surface area (Å²) in [6, 6.07) is 10.8. The maximum absolute atomic E-state index is 11.9. The van der Waals surface area contributed by atoms with Crippen molar-refractivity contribution in [2.75, 3.05) is 31.6 Å². The third kappa shape index (κ3) is 5.76. The maximum atomic E-state index is 11.9. The number of carboxylic acid groups (broad SMARTS) is 1. The number of aliphatic carboxylic acids is 1. The van der Waals surface area contributed by atoms with Gasteiger partial charge in [0.25, 0.3) is 0 Å². The number of likely N-dealkylation sites (tertiary alicyclic amines) is 1. The molecule has 2 atom stereocenters. The van der Waals surface area contributed by atoms with Crippen molar-refractivity contribution in [3.8, 4) is 0 Å². The lowest BCUT2D eigenvalue weighted by atomic mass is 10.1. The summed E-state index contributed by atoms with van der Waals surface area (Å²) in [7, 11) is 0. The van der Waals surface area contributed by atoms with Gasteiger partial charge in [0, 0.05) is 37.0 Å². The van der Waals surface area contributed by atoms with E-state index in [1.807, 2.05) is 4.90 Å². The van der Waals surface area contributed by atoms with Gasteiger partial charge in [-0.05, 0) is 67.9 Å². The molecular formula is C24H30ClN3O3. The molecule has 2 N–H and O–H groups in total. The minimum Gasteiger partial charge on any atom is -0.480 e. The van der Waals surface area contributed by atoms with Crippen molar-refractivity contribution in [2.24, 2.45) is 0 Å². The fraction of sp³-hybridized carbons (Fsp3) is 0.500. The lowest BCUT2D eigenvalue weighted by Gasteiger charge is -2.24. The number of aromatic nitrogens is 1. The third-order valence-corrected chi connectivity index (χ3v) is 6.35. The molecule has 6 nitrogen and oxygen atoms in total. The molecule has 0 radical (unpaired) electrons. The average molecular weight is 444 g/mol. The Balaban J connectivity index is 1.20. The Morgan fingerprint density at radius 3 is 2.90 bits per heavy atom. The summed E-state index contributed by atoms with van der Waals surface area (Å²) in [4.78, 5) is 18.6. The van der Waals surface area contributed by atoms with Crippen LogP contribution in [0.5, 0.6) is 0 Å². The van der Waals surface area contributed by atoms with Crippen LogP contribution in [0.25, 0.3) is 0 Å². The van der Waals surface area contributed by atoms with E-state index in [2.05, 4.69) is 17.4 Å². The number of benzene rings is 1. The van der Waals surface area contributed by atoms with Crippen molar-refractivity contribution in [3.05, 3.63) is 58.2 Å². The number of halogens is 1. The largest absolute Gasteiger partial charge is 0.480 e. The van der Waals surface area contributed by atoms with Crippen LogP contribution in [-0.2, 0) is 22.4 Å². The maximum Gasteiger partial charge on any atom is 0.325 e. The van der Waals surface area contributed by atoms with Crippen LogP contribution >= 0.6 is 11.6 Å². The minimum absolute atomic E-state index is 0.0835. The molecule has 2 aliphatic heterocycles. The molecule has 3 heterocycles. The first kappa shape index (κ1) is 22.1. The van der Waals surface area contributed by atoms with Crippen molar-refractivity contribution in [1.29, 1.82) is 0 Å². The number of carbonyl (C=O) groups is 1. The standard InChI is InChI=1S/C24H30ClN3O3/c25-19-9-6-17(7-10-19)22(24(29)30)28-14-12-21(16-28)31-15-2-1-5-20-11-8-18-4-3-13-26-23(18)27-20/h6-11,21-22H,1-5,12-16H2,(H,26,27)(H,29,30)/t21-,22+/m1/s1. The first-order valence-electron chi connectivity index (χ1n) is 11.2. The number of nitrogens with one attached hydrogen (secondary N) is 1. The van der Waals surface area contributed by atoms with Gasteiger partial charge in [-0.3, -0.25) is 9.69 Å². The van der Waals surface area contributed by atoms with Crippen LogP contribution in [0.4, 0.5) is 5.82 Å². The highest BCUT2D eigenvalue weighted by molar-refractivity contribution is 6.30. The van der Waals surface area contributed by atoms with E-state index in [4.69, 9.17) is 21.3 Å². The number of anilines is 1. The molecule has 0 spiro atoms. The van der Waals surface area contributed by atoms with E-state index < -0.39 is 12.0 Å². The summed E-state index contributed by atoms with van der Waals surface area (Å²) in [5, 5.41) is 13.7. The molecule has 1 saturated heterocycles. The van der Waals surface area contributed by atoms with Gasteiger partial charge in [-0.15, -0.1) is 0 Å². The van der Waals surface area contributed by atoms with E-state index in [0.717, 1.165) is 62.3 Å². The highest BCUT2D eigenvalue weighted by atomic mass is 35.5. The Morgan fingerprint density at radius 2 is 2.10 bits per heavy atom. The number of hydrogen-bond acceptors (Lipinski definition) is 5. The van der Waals surface area contributed by atoms with E-state index in [9.17, 15) is 9.90 Å². The van der Waals surface area contributed by atoms with Crippen LogP contribution in [0.2, 0.25) is 5.02 Å². The molecule has 1 fully saturated rings. The second kappa shape index (κ2) is 10.4. The number of carboxylic acids is 1. The predicted molar refractivity (Wildman–Crippen MR) is 122 cm³/mol. The normalized spacial score (nSPS) is 19.6. The molecule has 1 aromatic heterocycles. The number of hydrogen-bond donors (Lipinski definition) is 2. The Labute approximate surface area is 188 Å². The molecule has 7 heteroatoms. The highest BCUT2D eigenvalue weighted by Crippen LogP contribution is 2.28. The molecule has 1 aromatic carbocycles. The molecule has 0 aliphatic carbocycles. The number of ether oxygens (including phenoxy) is 1. The summed E-state index contributed by atoms with van der Waals surface area (Å²) < 4.78 is 6.06. The Kier molecular flexibility index (Phi) is 7.43. The van der Waals surface area contributed by atoms with Crippen molar-refractivity contribution < 1.29 is 14.6 Å². The third-order valence-electron chi connectivity index (χ3n) is 6.09.